The molecule has 5 aromatic rings. The number of fused-ring (bicyclic) bond motifs is 2. The Balaban J connectivity index is 1.53. The summed E-state index contributed by atoms with van der Waals surface area (Å²) in [6, 6.07) is 9.71. The van der Waals surface area contributed by atoms with Gasteiger partial charge in [0.15, 0.2) is 11.5 Å². The summed E-state index contributed by atoms with van der Waals surface area (Å²) in [5.74, 6) is 0.604. The molecule has 0 atom stereocenters. The molecule has 5 rings (SSSR count). The van der Waals surface area contributed by atoms with E-state index in [0.717, 1.165) is 50.5 Å². The van der Waals surface area contributed by atoms with E-state index < -0.39 is 0 Å². The third kappa shape index (κ3) is 5.00. The van der Waals surface area contributed by atoms with Crippen LogP contribution in [0.5, 0.6) is 0 Å². The molecule has 0 aliphatic rings. The van der Waals surface area contributed by atoms with Crippen molar-refractivity contribution in [1.29, 1.82) is 0 Å². The Morgan fingerprint density at radius 2 is 1.95 bits per heavy atom. The van der Waals surface area contributed by atoms with E-state index in [1.54, 1.807) is 24.7 Å². The predicted molar refractivity (Wildman–Crippen MR) is 153 cm³/mol. The molecule has 0 radical (unpaired) electrons. The maximum absolute atomic E-state index is 4.96. The first kappa shape index (κ1) is 24.8. The molecule has 0 aromatic carbocycles. The first-order valence-corrected chi connectivity index (χ1v) is 12.2. The van der Waals surface area contributed by atoms with Crippen molar-refractivity contribution in [3.8, 4) is 22.8 Å². The van der Waals surface area contributed by atoms with Crippen LogP contribution in [0.2, 0.25) is 0 Å². The molecule has 9 heteroatoms. The lowest BCUT2D eigenvalue weighted by atomic mass is 10.1. The van der Waals surface area contributed by atoms with Gasteiger partial charge in [-0.2, -0.15) is 5.10 Å². The Bertz CT molecular complexity index is 1690. The second-order valence-electron chi connectivity index (χ2n) is 9.06. The molecule has 5 aromatic heterocycles. The zero-order chi connectivity index (χ0) is 26.6. The van der Waals surface area contributed by atoms with Crippen LogP contribution in [0.1, 0.15) is 12.6 Å². The minimum atomic E-state index is 0.604. The highest BCUT2D eigenvalue weighted by molar-refractivity contribution is 5.95. The average Bonchev–Trinajstić information content (AvgIpc) is 3.54. The number of nitrogens with zero attached hydrogens (tertiary/aromatic N) is 6. The molecule has 0 amide bonds. The maximum atomic E-state index is 4.96. The molecule has 0 aliphatic carbocycles. The molecular weight excluding hydrogens is 474 g/mol. The predicted octanol–water partition coefficient (Wildman–Crippen LogP) is 5.10. The summed E-state index contributed by atoms with van der Waals surface area (Å²) in [7, 11) is 4.00. The smallest absolute Gasteiger partial charge is 0.161 e. The average molecular weight is 504 g/mol. The molecule has 9 nitrogen and oxygen atoms in total. The summed E-state index contributed by atoms with van der Waals surface area (Å²) >= 11 is 0. The van der Waals surface area contributed by atoms with Gasteiger partial charge in [-0.1, -0.05) is 25.3 Å². The topological polar surface area (TPSA) is 111 Å². The van der Waals surface area contributed by atoms with Crippen molar-refractivity contribution in [1.82, 2.24) is 45.3 Å². The fourth-order valence-electron chi connectivity index (χ4n) is 4.22. The van der Waals surface area contributed by atoms with Crippen molar-refractivity contribution in [2.45, 2.75) is 6.92 Å². The van der Waals surface area contributed by atoms with Crippen LogP contribution in [0.15, 0.2) is 91.7 Å². The Morgan fingerprint density at radius 3 is 2.68 bits per heavy atom. The second-order valence-corrected chi connectivity index (χ2v) is 9.06. The number of allylic oxidation sites excluding steroid dienone is 4. The van der Waals surface area contributed by atoms with Gasteiger partial charge in [-0.3, -0.25) is 15.1 Å². The zero-order valence-electron chi connectivity index (χ0n) is 21.7. The van der Waals surface area contributed by atoms with Gasteiger partial charge in [0.05, 0.1) is 28.6 Å². The first-order valence-electron chi connectivity index (χ1n) is 12.2. The number of pyridine rings is 3. The second kappa shape index (κ2) is 10.6. The fourth-order valence-corrected chi connectivity index (χ4v) is 4.22. The summed E-state index contributed by atoms with van der Waals surface area (Å²) < 4.78 is 0. The highest BCUT2D eigenvalue weighted by Gasteiger charge is 2.17. The lowest BCUT2D eigenvalue weighted by molar-refractivity contribution is 0.438. The zero-order valence-corrected chi connectivity index (χ0v) is 21.7. The minimum Gasteiger partial charge on any atom is -0.358 e. The van der Waals surface area contributed by atoms with Crippen molar-refractivity contribution in [2.75, 3.05) is 20.6 Å². The van der Waals surface area contributed by atoms with Crippen molar-refractivity contribution < 1.29 is 0 Å². The van der Waals surface area contributed by atoms with E-state index in [0.29, 0.717) is 23.6 Å². The summed E-state index contributed by atoms with van der Waals surface area (Å²) in [6.45, 7) is 10.7. The molecule has 0 saturated heterocycles. The Hall–Kier alpha value is -4.89. The van der Waals surface area contributed by atoms with Crippen LogP contribution >= 0.6 is 0 Å². The number of rotatable bonds is 9. The van der Waals surface area contributed by atoms with E-state index in [9.17, 15) is 0 Å². The van der Waals surface area contributed by atoms with Crippen LogP contribution < -0.4 is 5.32 Å². The summed E-state index contributed by atoms with van der Waals surface area (Å²) in [4.78, 5) is 24.1. The standard InChI is InChI=1S/C29H29N9/c1-6-19(14-20(7-2)32-18(3)17-38(4)5)22-11-12-24-27(33-22)28(37-36-24)29-34-25-16-30-15-21(26(25)35-29)23-10-8-9-13-31-23/h6-16,32H,2-3,17H2,1,4-5H3,(H,34,35)(H,36,37)/b19-6+,20-14+. The molecule has 190 valence electrons. The van der Waals surface area contributed by atoms with E-state index in [1.165, 1.54) is 0 Å². The van der Waals surface area contributed by atoms with Crippen molar-refractivity contribution >= 4 is 27.6 Å². The van der Waals surface area contributed by atoms with Crippen molar-refractivity contribution in [3.63, 3.8) is 0 Å². The first-order chi connectivity index (χ1) is 18.5. The molecule has 5 heterocycles. The molecular formula is C29H29N9. The van der Waals surface area contributed by atoms with Crippen LogP contribution in [0.25, 0.3) is 50.4 Å². The summed E-state index contributed by atoms with van der Waals surface area (Å²) in [5, 5.41) is 10.9. The van der Waals surface area contributed by atoms with Gasteiger partial charge in [-0.25, -0.2) is 9.97 Å². The van der Waals surface area contributed by atoms with Crippen LogP contribution in [0.4, 0.5) is 0 Å². The lowest BCUT2D eigenvalue weighted by Gasteiger charge is -2.15. The van der Waals surface area contributed by atoms with Gasteiger partial charge < -0.3 is 15.2 Å². The van der Waals surface area contributed by atoms with Crippen LogP contribution in [0, 0.1) is 0 Å². The van der Waals surface area contributed by atoms with Gasteiger partial charge >= 0.3 is 0 Å². The largest absolute Gasteiger partial charge is 0.358 e. The van der Waals surface area contributed by atoms with Crippen LogP contribution in [0.3, 0.4) is 0 Å². The Labute approximate surface area is 220 Å². The monoisotopic (exact) mass is 503 g/mol. The summed E-state index contributed by atoms with van der Waals surface area (Å²) in [6.07, 6.45) is 11.1. The van der Waals surface area contributed by atoms with Crippen molar-refractivity contribution in [3.05, 3.63) is 97.4 Å². The molecule has 0 fully saturated rings. The quantitative estimate of drug-likeness (QED) is 0.240. The number of likely N-dealkylation sites (N-methyl/N-ethyl adjacent to an activating group) is 1. The molecule has 38 heavy (non-hydrogen) atoms. The number of nitrogens with one attached hydrogen (secondary N) is 3. The molecule has 0 unspecified atom stereocenters. The van der Waals surface area contributed by atoms with Crippen LogP contribution in [-0.2, 0) is 0 Å². The highest BCUT2D eigenvalue weighted by atomic mass is 15.2. The van der Waals surface area contributed by atoms with Gasteiger partial charge in [-0.15, -0.1) is 0 Å². The van der Waals surface area contributed by atoms with E-state index >= 15 is 0 Å². The Kier molecular flexibility index (Phi) is 6.92. The number of aromatic nitrogens is 7. The third-order valence-corrected chi connectivity index (χ3v) is 5.93. The molecule has 0 spiro atoms. The van der Waals surface area contributed by atoms with Crippen LogP contribution in [-0.4, -0.2) is 60.7 Å². The number of aromatic amines is 2. The van der Waals surface area contributed by atoms with E-state index in [-0.39, 0.29) is 0 Å². The molecule has 0 saturated carbocycles. The number of hydrogen-bond acceptors (Lipinski definition) is 7. The van der Waals surface area contributed by atoms with Gasteiger partial charge in [0.1, 0.15) is 11.0 Å². The SMILES string of the molecule is C=C/C(=C\C(=C/C)c1ccc2[nH]nc(-c3nc4c(-c5ccccn5)cncc4[nH]3)c2n1)NC(=C)CN(C)C. The van der Waals surface area contributed by atoms with E-state index in [4.69, 9.17) is 9.97 Å². The highest BCUT2D eigenvalue weighted by Crippen LogP contribution is 2.30. The molecule has 0 aliphatic heterocycles. The normalized spacial score (nSPS) is 12.4. The lowest BCUT2D eigenvalue weighted by Crippen LogP contribution is -2.23. The maximum Gasteiger partial charge on any atom is 0.161 e. The molecule has 3 N–H and O–H groups in total. The third-order valence-electron chi connectivity index (χ3n) is 5.93. The number of hydrogen-bond donors (Lipinski definition) is 3. The fraction of sp³-hybridized carbons (Fsp3) is 0.138. The minimum absolute atomic E-state index is 0.604. The Morgan fingerprint density at radius 1 is 1.08 bits per heavy atom. The van der Waals surface area contributed by atoms with Gasteiger partial charge in [-0.05, 0) is 63.0 Å². The van der Waals surface area contributed by atoms with Gasteiger partial charge in [0.2, 0.25) is 0 Å². The van der Waals surface area contributed by atoms with Gasteiger partial charge in [0.25, 0.3) is 0 Å². The number of H-pyrrole nitrogens is 2. The number of imidazole rings is 1. The van der Waals surface area contributed by atoms with E-state index in [1.807, 2.05) is 63.5 Å². The molecule has 0 bridgehead atoms. The van der Waals surface area contributed by atoms with E-state index in [2.05, 4.69) is 48.5 Å². The summed E-state index contributed by atoms with van der Waals surface area (Å²) in [5.41, 5.74) is 8.84. The van der Waals surface area contributed by atoms with Gasteiger partial charge in [0, 0.05) is 35.9 Å². The van der Waals surface area contributed by atoms with Crippen molar-refractivity contribution in [2.24, 2.45) is 0 Å².